The molecule has 0 bridgehead atoms. The van der Waals surface area contributed by atoms with E-state index in [0.29, 0.717) is 18.1 Å². The van der Waals surface area contributed by atoms with Gasteiger partial charge in [0.25, 0.3) is 0 Å². The van der Waals surface area contributed by atoms with Crippen molar-refractivity contribution in [1.82, 2.24) is 4.90 Å². The third kappa shape index (κ3) is 3.32. The number of hydrogen-bond acceptors (Lipinski definition) is 3. The van der Waals surface area contributed by atoms with Gasteiger partial charge in [0.1, 0.15) is 0 Å². The van der Waals surface area contributed by atoms with Crippen LogP contribution >= 0.6 is 0 Å². The van der Waals surface area contributed by atoms with Crippen molar-refractivity contribution in [3.63, 3.8) is 0 Å². The minimum Gasteiger partial charge on any atom is -0.299 e. The zero-order valence-electron chi connectivity index (χ0n) is 8.57. The van der Waals surface area contributed by atoms with Gasteiger partial charge in [-0.1, -0.05) is 0 Å². The van der Waals surface area contributed by atoms with Crippen LogP contribution in [-0.4, -0.2) is 44.0 Å². The van der Waals surface area contributed by atoms with Gasteiger partial charge in [-0.3, -0.25) is 4.90 Å². The van der Waals surface area contributed by atoms with Crippen LogP contribution in [0.5, 0.6) is 0 Å². The molecule has 14 heavy (non-hydrogen) atoms. The van der Waals surface area contributed by atoms with Crippen molar-refractivity contribution in [1.29, 1.82) is 0 Å². The van der Waals surface area contributed by atoms with Crippen LogP contribution in [0.3, 0.4) is 0 Å². The molecule has 1 aliphatic rings. The second-order valence-electron chi connectivity index (χ2n) is 3.81. The van der Waals surface area contributed by atoms with Crippen LogP contribution in [0, 0.1) is 12.3 Å². The number of rotatable bonds is 3. The van der Waals surface area contributed by atoms with Gasteiger partial charge in [-0.15, -0.1) is 12.3 Å². The largest absolute Gasteiger partial charge is 0.299 e. The monoisotopic (exact) mass is 215 g/mol. The second kappa shape index (κ2) is 4.81. The molecule has 80 valence electrons. The Hall–Kier alpha value is -0.530. The maximum atomic E-state index is 11.3. The molecule has 0 saturated carbocycles. The Labute approximate surface area is 86.4 Å². The molecule has 3 nitrogen and oxygen atoms in total. The minimum absolute atomic E-state index is 0.145. The van der Waals surface area contributed by atoms with E-state index < -0.39 is 9.84 Å². The lowest BCUT2D eigenvalue weighted by molar-refractivity contribution is 0.225. The molecule has 4 heteroatoms. The fourth-order valence-corrected chi connectivity index (χ4v) is 3.37. The number of hydrogen-bond donors (Lipinski definition) is 0. The Morgan fingerprint density at radius 2 is 2.29 bits per heavy atom. The average Bonchev–Trinajstić information content (AvgIpc) is 2.08. The first-order valence-electron chi connectivity index (χ1n) is 4.93. The Morgan fingerprint density at radius 3 is 2.86 bits per heavy atom. The fraction of sp³-hybridized carbons (Fsp3) is 0.800. The lowest BCUT2D eigenvalue weighted by atomic mass is 10.2. The predicted molar refractivity (Wildman–Crippen MR) is 57.8 cm³/mol. The predicted octanol–water partition coefficient (Wildman–Crippen LogP) is 0.519. The van der Waals surface area contributed by atoms with E-state index in [1.807, 2.05) is 6.92 Å². The molecule has 0 aromatic carbocycles. The van der Waals surface area contributed by atoms with Crippen LogP contribution in [-0.2, 0) is 9.84 Å². The average molecular weight is 215 g/mol. The molecule has 1 heterocycles. The number of terminal acetylenes is 1. The van der Waals surface area contributed by atoms with Gasteiger partial charge in [-0.05, 0) is 19.9 Å². The lowest BCUT2D eigenvalue weighted by Gasteiger charge is -2.32. The number of sulfone groups is 1. The molecule has 0 N–H and O–H groups in total. The van der Waals surface area contributed by atoms with Crippen molar-refractivity contribution in [2.45, 2.75) is 25.8 Å². The minimum atomic E-state index is -2.78. The summed E-state index contributed by atoms with van der Waals surface area (Å²) in [4.78, 5) is 2.21. The van der Waals surface area contributed by atoms with Crippen molar-refractivity contribution < 1.29 is 8.42 Å². The third-order valence-electron chi connectivity index (χ3n) is 2.57. The van der Waals surface area contributed by atoms with E-state index in [-0.39, 0.29) is 6.04 Å². The molecular weight excluding hydrogens is 198 g/mol. The van der Waals surface area contributed by atoms with E-state index in [0.717, 1.165) is 19.4 Å². The van der Waals surface area contributed by atoms with Crippen LogP contribution in [0.2, 0.25) is 0 Å². The fourth-order valence-electron chi connectivity index (χ4n) is 1.75. The summed E-state index contributed by atoms with van der Waals surface area (Å²) in [5, 5.41) is 0. The van der Waals surface area contributed by atoms with E-state index in [1.165, 1.54) is 0 Å². The summed E-state index contributed by atoms with van der Waals surface area (Å²) < 4.78 is 22.6. The standard InChI is InChI=1S/C10H17NO2S/c1-3-4-5-6-11-7-8-14(12,13)9-10(11)2/h1,10H,4-9H2,2H3. The summed E-state index contributed by atoms with van der Waals surface area (Å²) in [6.45, 7) is 3.54. The molecule has 0 amide bonds. The van der Waals surface area contributed by atoms with Crippen molar-refractivity contribution in [3.05, 3.63) is 0 Å². The lowest BCUT2D eigenvalue weighted by Crippen LogP contribution is -2.47. The van der Waals surface area contributed by atoms with Gasteiger partial charge in [-0.25, -0.2) is 8.42 Å². The van der Waals surface area contributed by atoms with Crippen LogP contribution in [0.1, 0.15) is 19.8 Å². The zero-order valence-corrected chi connectivity index (χ0v) is 9.39. The number of unbranched alkanes of at least 4 members (excludes halogenated alkanes) is 1. The van der Waals surface area contributed by atoms with Crippen LogP contribution in [0.15, 0.2) is 0 Å². The van der Waals surface area contributed by atoms with Crippen LogP contribution < -0.4 is 0 Å². The van der Waals surface area contributed by atoms with Crippen LogP contribution in [0.4, 0.5) is 0 Å². The van der Waals surface area contributed by atoms with Crippen molar-refractivity contribution in [2.75, 3.05) is 24.6 Å². The quantitative estimate of drug-likeness (QED) is 0.509. The molecular formula is C10H17NO2S. The molecule has 0 aromatic heterocycles. The highest BCUT2D eigenvalue weighted by Gasteiger charge is 2.27. The van der Waals surface area contributed by atoms with Gasteiger partial charge in [0.05, 0.1) is 11.5 Å². The smallest absolute Gasteiger partial charge is 0.153 e. The summed E-state index contributed by atoms with van der Waals surface area (Å²) >= 11 is 0. The topological polar surface area (TPSA) is 37.4 Å². The van der Waals surface area contributed by atoms with Gasteiger partial charge in [-0.2, -0.15) is 0 Å². The Morgan fingerprint density at radius 1 is 1.57 bits per heavy atom. The maximum absolute atomic E-state index is 11.3. The van der Waals surface area contributed by atoms with Gasteiger partial charge < -0.3 is 0 Å². The Kier molecular flexibility index (Phi) is 3.97. The van der Waals surface area contributed by atoms with Crippen molar-refractivity contribution >= 4 is 9.84 Å². The third-order valence-corrected chi connectivity index (χ3v) is 4.37. The normalized spacial score (nSPS) is 27.0. The highest BCUT2D eigenvalue weighted by atomic mass is 32.2. The first-order valence-corrected chi connectivity index (χ1v) is 6.75. The first-order chi connectivity index (χ1) is 6.55. The second-order valence-corrected chi connectivity index (χ2v) is 6.04. The summed E-state index contributed by atoms with van der Waals surface area (Å²) in [5.41, 5.74) is 0. The summed E-state index contributed by atoms with van der Waals surface area (Å²) in [7, 11) is -2.78. The Bertz CT molecular complexity index is 316. The highest BCUT2D eigenvalue weighted by Crippen LogP contribution is 2.11. The van der Waals surface area contributed by atoms with Gasteiger partial charge in [0, 0.05) is 19.0 Å². The zero-order chi connectivity index (χ0) is 10.6. The summed E-state index contributed by atoms with van der Waals surface area (Å²) in [6, 6.07) is 0.145. The molecule has 0 aliphatic carbocycles. The van der Waals surface area contributed by atoms with E-state index >= 15 is 0 Å². The molecule has 0 radical (unpaired) electrons. The summed E-state index contributed by atoms with van der Waals surface area (Å²) in [5.74, 6) is 3.19. The van der Waals surface area contributed by atoms with Crippen molar-refractivity contribution in [3.8, 4) is 12.3 Å². The highest BCUT2D eigenvalue weighted by molar-refractivity contribution is 7.91. The van der Waals surface area contributed by atoms with Gasteiger partial charge >= 0.3 is 0 Å². The van der Waals surface area contributed by atoms with Crippen molar-refractivity contribution in [2.24, 2.45) is 0 Å². The number of nitrogens with zero attached hydrogens (tertiary/aromatic N) is 1. The van der Waals surface area contributed by atoms with E-state index in [4.69, 9.17) is 6.42 Å². The van der Waals surface area contributed by atoms with Gasteiger partial charge in [0.2, 0.25) is 0 Å². The SMILES string of the molecule is C#CCCCN1CCS(=O)(=O)CC1C. The molecule has 1 atom stereocenters. The molecule has 1 unspecified atom stereocenters. The maximum Gasteiger partial charge on any atom is 0.153 e. The van der Waals surface area contributed by atoms with Crippen LogP contribution in [0.25, 0.3) is 0 Å². The first kappa shape index (κ1) is 11.5. The van der Waals surface area contributed by atoms with E-state index in [2.05, 4.69) is 10.8 Å². The molecule has 0 spiro atoms. The molecule has 1 rings (SSSR count). The van der Waals surface area contributed by atoms with E-state index in [1.54, 1.807) is 0 Å². The summed E-state index contributed by atoms with van der Waals surface area (Å²) in [6.07, 6.45) is 6.89. The Balaban J connectivity index is 2.39. The molecule has 1 aliphatic heterocycles. The molecule has 0 aromatic rings. The van der Waals surface area contributed by atoms with E-state index in [9.17, 15) is 8.42 Å². The van der Waals surface area contributed by atoms with Gasteiger partial charge in [0.15, 0.2) is 9.84 Å². The molecule has 1 saturated heterocycles. The molecule has 1 fully saturated rings.